The van der Waals surface area contributed by atoms with Crippen molar-refractivity contribution in [3.05, 3.63) is 251 Å². The van der Waals surface area contributed by atoms with Gasteiger partial charge < -0.3 is 15.7 Å². The van der Waals surface area contributed by atoms with E-state index in [0.29, 0.717) is 0 Å². The fourth-order valence-electron chi connectivity index (χ4n) is 7.17. The second-order valence-electron chi connectivity index (χ2n) is 14.8. The van der Waals surface area contributed by atoms with Crippen molar-refractivity contribution in [1.82, 2.24) is 24.9 Å². The molecule has 0 atom stereocenters. The predicted molar refractivity (Wildman–Crippen MR) is 274 cm³/mol. The van der Waals surface area contributed by atoms with E-state index in [-0.39, 0.29) is 17.5 Å². The molecule has 11 rings (SSSR count). The van der Waals surface area contributed by atoms with Gasteiger partial charge in [-0.2, -0.15) is 0 Å². The molecule has 11 aromatic rings. The average Bonchev–Trinajstić information content (AvgIpc) is 3.97. The minimum Gasteiger partial charge on any atom is -0.398 e. The largest absolute Gasteiger partial charge is 0.398 e. The summed E-state index contributed by atoms with van der Waals surface area (Å²) in [4.78, 5) is 19.0. The van der Waals surface area contributed by atoms with Gasteiger partial charge in [0, 0.05) is 96.1 Å². The molecule has 0 amide bonds. The summed E-state index contributed by atoms with van der Waals surface area (Å²) in [5.74, 6) is 5.21. The van der Waals surface area contributed by atoms with E-state index < -0.39 is 0 Å². The molecule has 67 heavy (non-hydrogen) atoms. The third-order valence-electron chi connectivity index (χ3n) is 10.4. The van der Waals surface area contributed by atoms with E-state index in [1.54, 1.807) is 61.4 Å². The lowest BCUT2D eigenvalue weighted by molar-refractivity contribution is 0.627. The molecule has 0 spiro atoms. The first-order valence-corrected chi connectivity index (χ1v) is 22.1. The van der Waals surface area contributed by atoms with Crippen LogP contribution in [-0.2, 0) is 0 Å². The van der Waals surface area contributed by atoms with Crippen LogP contribution >= 0.6 is 22.6 Å². The van der Waals surface area contributed by atoms with Crippen molar-refractivity contribution in [2.45, 2.75) is 0 Å². The van der Waals surface area contributed by atoms with Crippen LogP contribution in [0.5, 0.6) is 0 Å². The smallest absolute Gasteiger partial charge is 0.123 e. The third kappa shape index (κ3) is 11.7. The summed E-state index contributed by atoms with van der Waals surface area (Å²) in [6.07, 6.45) is 10.5. The standard InChI is InChI=1S/2C19H13FN2.C13H8FN.C6H6IN/c20-15-7-5-14(6-8-15)19-18(13-9-11-21-12-10-13)16-3-1-2-4-17(16)22-19;20-15-7-5-13(6-8-15)18-16-3-1-2-4-17(16)22-19(18)14-9-11-21-12-10-14;14-13-5-3-11(4-6-13)1-2-12-7-9-15-10-8-12;7-5-3-1-2-4-6(5)8/h2*1-12,22H;3-10H;1-4H,8H2. The van der Waals surface area contributed by atoms with Gasteiger partial charge in [0.2, 0.25) is 0 Å². The molecule has 0 radical (unpaired) electrons. The number of anilines is 1. The number of fused-ring (bicyclic) bond motifs is 2. The highest BCUT2D eigenvalue weighted by Gasteiger charge is 2.16. The maximum atomic E-state index is 13.2. The van der Waals surface area contributed by atoms with Crippen molar-refractivity contribution in [1.29, 1.82) is 0 Å². The Bertz CT molecular complexity index is 3360. The number of nitrogens with one attached hydrogen (secondary N) is 2. The number of H-pyrrole nitrogens is 2. The molecule has 6 aromatic carbocycles. The number of hydrogen-bond acceptors (Lipinski definition) is 4. The van der Waals surface area contributed by atoms with E-state index in [1.165, 1.54) is 36.4 Å². The number of halogens is 4. The van der Waals surface area contributed by atoms with Crippen LogP contribution in [0.3, 0.4) is 0 Å². The molecular weight excluding hydrogens is 953 g/mol. The lowest BCUT2D eigenvalue weighted by Gasteiger charge is -2.05. The molecule has 5 aromatic heterocycles. The lowest BCUT2D eigenvalue weighted by Crippen LogP contribution is -1.85. The molecule has 6 nitrogen and oxygen atoms in total. The van der Waals surface area contributed by atoms with E-state index >= 15 is 0 Å². The van der Waals surface area contributed by atoms with Crippen molar-refractivity contribution in [2.75, 3.05) is 5.73 Å². The minimum absolute atomic E-state index is 0.228. The van der Waals surface area contributed by atoms with Crippen molar-refractivity contribution in [3.63, 3.8) is 0 Å². The van der Waals surface area contributed by atoms with Gasteiger partial charge in [0.05, 0.1) is 11.4 Å². The maximum Gasteiger partial charge on any atom is 0.123 e. The Labute approximate surface area is 399 Å². The number of benzene rings is 6. The van der Waals surface area contributed by atoms with Gasteiger partial charge in [0.25, 0.3) is 0 Å². The van der Waals surface area contributed by atoms with Crippen LogP contribution in [0.25, 0.3) is 66.6 Å². The predicted octanol–water partition coefficient (Wildman–Crippen LogP) is 14.6. The van der Waals surface area contributed by atoms with Crippen molar-refractivity contribution in [3.8, 4) is 56.6 Å². The summed E-state index contributed by atoms with van der Waals surface area (Å²) in [6, 6.07) is 54.9. The summed E-state index contributed by atoms with van der Waals surface area (Å²) < 4.78 is 40.2. The van der Waals surface area contributed by atoms with Gasteiger partial charge in [0.15, 0.2) is 0 Å². The Hall–Kier alpha value is -8.27. The Morgan fingerprint density at radius 1 is 0.388 bits per heavy atom. The van der Waals surface area contributed by atoms with Crippen LogP contribution in [-0.4, -0.2) is 24.9 Å². The SMILES string of the molecule is Fc1ccc(-c2[nH]c3ccccc3c2-c2ccncc2)cc1.Fc1ccc(-c2c(-c3ccncc3)[nH]c3ccccc23)cc1.Fc1ccc(C#Cc2ccncc2)cc1.Nc1ccccc1I. The average molecular weight is 993 g/mol. The van der Waals surface area contributed by atoms with E-state index in [2.05, 4.69) is 71.5 Å². The molecule has 0 saturated carbocycles. The molecule has 0 fully saturated rings. The number of aromatic nitrogens is 5. The molecule has 5 heterocycles. The monoisotopic (exact) mass is 992 g/mol. The van der Waals surface area contributed by atoms with E-state index in [1.807, 2.05) is 109 Å². The van der Waals surface area contributed by atoms with E-state index in [9.17, 15) is 13.2 Å². The molecular formula is C57H40F3IN6. The summed E-state index contributed by atoms with van der Waals surface area (Å²) in [6.45, 7) is 0. The first-order chi connectivity index (χ1) is 32.8. The second-order valence-corrected chi connectivity index (χ2v) is 16.0. The highest BCUT2D eigenvalue weighted by atomic mass is 127. The van der Waals surface area contributed by atoms with Gasteiger partial charge in [-0.3, -0.25) is 15.0 Å². The van der Waals surface area contributed by atoms with Crippen molar-refractivity contribution >= 4 is 50.1 Å². The number of rotatable bonds is 4. The van der Waals surface area contributed by atoms with Crippen LogP contribution < -0.4 is 5.73 Å². The fraction of sp³-hybridized carbons (Fsp3) is 0. The first-order valence-electron chi connectivity index (χ1n) is 21.0. The van der Waals surface area contributed by atoms with Gasteiger partial charge in [-0.05, 0) is 161 Å². The number of pyridine rings is 3. The fourth-order valence-corrected chi connectivity index (χ4v) is 7.56. The Morgan fingerprint density at radius 3 is 1.21 bits per heavy atom. The lowest BCUT2D eigenvalue weighted by atomic mass is 9.99. The maximum absolute atomic E-state index is 13.2. The topological polar surface area (TPSA) is 96.3 Å². The van der Waals surface area contributed by atoms with Crippen LogP contribution in [0.2, 0.25) is 0 Å². The van der Waals surface area contributed by atoms with Crippen LogP contribution in [0.1, 0.15) is 11.1 Å². The van der Waals surface area contributed by atoms with Crippen LogP contribution in [0, 0.1) is 32.9 Å². The normalized spacial score (nSPS) is 10.3. The number of nitrogens with zero attached hydrogens (tertiary/aromatic N) is 3. The number of nitrogen functional groups attached to an aromatic ring is 1. The molecule has 0 aliphatic rings. The van der Waals surface area contributed by atoms with Crippen LogP contribution in [0.15, 0.2) is 219 Å². The van der Waals surface area contributed by atoms with Gasteiger partial charge in [0.1, 0.15) is 17.5 Å². The Balaban J connectivity index is 0.000000128. The quantitative estimate of drug-likeness (QED) is 0.0930. The zero-order chi connectivity index (χ0) is 46.4. The highest BCUT2D eigenvalue weighted by Crippen LogP contribution is 2.39. The number of aromatic amines is 2. The molecule has 0 bridgehead atoms. The molecule has 0 saturated heterocycles. The van der Waals surface area contributed by atoms with E-state index in [4.69, 9.17) is 5.73 Å². The third-order valence-corrected chi connectivity index (χ3v) is 11.4. The number of hydrogen-bond donors (Lipinski definition) is 3. The summed E-state index contributed by atoms with van der Waals surface area (Å²) in [5, 5.41) is 2.27. The summed E-state index contributed by atoms with van der Waals surface area (Å²) in [5.41, 5.74) is 18.5. The van der Waals surface area contributed by atoms with Crippen molar-refractivity contribution in [2.24, 2.45) is 0 Å². The van der Waals surface area contributed by atoms with E-state index in [0.717, 1.165) is 87.0 Å². The summed E-state index contributed by atoms with van der Waals surface area (Å²) in [7, 11) is 0. The van der Waals surface area contributed by atoms with Crippen LogP contribution in [0.4, 0.5) is 18.9 Å². The van der Waals surface area contributed by atoms with Gasteiger partial charge in [-0.15, -0.1) is 0 Å². The Kier molecular flexibility index (Phi) is 14.9. The Morgan fingerprint density at radius 2 is 0.746 bits per heavy atom. The minimum atomic E-state index is -0.246. The zero-order valence-corrected chi connectivity index (χ0v) is 37.9. The van der Waals surface area contributed by atoms with Crippen molar-refractivity contribution < 1.29 is 13.2 Å². The zero-order valence-electron chi connectivity index (χ0n) is 35.7. The first kappa shape index (κ1) is 45.3. The van der Waals surface area contributed by atoms with Gasteiger partial charge >= 0.3 is 0 Å². The number of nitrogens with two attached hydrogens (primary N) is 1. The molecule has 0 unspecified atom stereocenters. The molecule has 326 valence electrons. The molecule has 4 N–H and O–H groups in total. The van der Waals surface area contributed by atoms with Gasteiger partial charge in [-0.25, -0.2) is 13.2 Å². The van der Waals surface area contributed by atoms with Gasteiger partial charge in [-0.1, -0.05) is 72.5 Å². The molecule has 10 heteroatoms. The molecule has 0 aliphatic carbocycles. The number of para-hydroxylation sites is 3. The second kappa shape index (κ2) is 22.1. The highest BCUT2D eigenvalue weighted by molar-refractivity contribution is 14.1. The molecule has 0 aliphatic heterocycles. The summed E-state index contributed by atoms with van der Waals surface area (Å²) >= 11 is 2.20.